The predicted octanol–water partition coefficient (Wildman–Crippen LogP) is 0.229. The molecule has 0 unspecified atom stereocenters. The number of hydrogen-bond donors (Lipinski definition) is 0. The third kappa shape index (κ3) is 62.3. The molecular weight excluding hydrogens is 203 g/mol. The van der Waals surface area contributed by atoms with E-state index in [0.29, 0.717) is 0 Å². The summed E-state index contributed by atoms with van der Waals surface area (Å²) in [6.45, 7) is 3.50. The molecule has 0 aromatic heterocycles. The summed E-state index contributed by atoms with van der Waals surface area (Å²) in [4.78, 5) is 0. The Labute approximate surface area is 56.4 Å². The Balaban J connectivity index is -0.0000000150. The molecule has 0 aromatic carbocycles. The van der Waals surface area contributed by atoms with Crippen molar-refractivity contribution in [2.45, 2.75) is 4.44 Å². The van der Waals surface area contributed by atoms with E-state index in [1.807, 2.05) is 6.08 Å². The Bertz CT molecular complexity index is 24.1. The Hall–Kier alpha value is 0.419. The fraction of sp³-hybridized carbons (Fsp3) is 0.333. The van der Waals surface area contributed by atoms with Crippen LogP contribution in [0.4, 0.5) is 0 Å². The summed E-state index contributed by atoms with van der Waals surface area (Å²) < 4.78 is 1.17. The second-order valence-electron chi connectivity index (χ2n) is 0.493. The summed E-state index contributed by atoms with van der Waals surface area (Å²) in [6, 6.07) is 0. The van der Waals surface area contributed by atoms with Gasteiger partial charge in [-0.25, -0.2) is 0 Å². The molecule has 0 fully saturated rings. The minimum Gasteiger partial charge on any atom is -0.870 e. The van der Waals surface area contributed by atoms with Gasteiger partial charge in [0.1, 0.15) is 0 Å². The molecule has 3 N–H and O–H groups in total. The summed E-state index contributed by atoms with van der Waals surface area (Å²) in [5, 5.41) is 0. The van der Waals surface area contributed by atoms with Crippen LogP contribution in [-0.2, 0) is 0 Å². The molecule has 7 heavy (non-hydrogen) atoms. The standard InChI is InChI=1S/C3H5.3H2O.Sn/c1-3-2;;;;/h3H,1-2H2;3*1H2;/q;;;;+3/p-3. The smallest absolute Gasteiger partial charge is 0.870 e. The van der Waals surface area contributed by atoms with Gasteiger partial charge in [0.25, 0.3) is 0 Å². The second kappa shape index (κ2) is 32.2. The molecule has 4 heteroatoms. The van der Waals surface area contributed by atoms with Crippen molar-refractivity contribution >= 4 is 22.5 Å². The van der Waals surface area contributed by atoms with Crippen molar-refractivity contribution in [3.05, 3.63) is 12.7 Å². The van der Waals surface area contributed by atoms with E-state index < -0.39 is 0 Å². The Morgan fingerprint density at radius 3 is 1.43 bits per heavy atom. The van der Waals surface area contributed by atoms with Crippen molar-refractivity contribution in [1.29, 1.82) is 0 Å². The first-order valence-electron chi connectivity index (χ1n) is 1.17. The fourth-order valence-electron chi connectivity index (χ4n) is 0. The van der Waals surface area contributed by atoms with Gasteiger partial charge < -0.3 is 16.4 Å². The van der Waals surface area contributed by atoms with Crippen LogP contribution >= 0.6 is 0 Å². The van der Waals surface area contributed by atoms with Crippen LogP contribution in [0.15, 0.2) is 12.7 Å². The first-order chi connectivity index (χ1) is 1.91. The predicted molar refractivity (Wildman–Crippen MR) is 26.6 cm³/mol. The molecule has 0 aliphatic heterocycles. The maximum atomic E-state index is 3.50. The minimum atomic E-state index is 0. The molecule has 0 amide bonds. The van der Waals surface area contributed by atoms with Crippen molar-refractivity contribution in [2.24, 2.45) is 0 Å². The van der Waals surface area contributed by atoms with Crippen molar-refractivity contribution in [3.63, 3.8) is 0 Å². The van der Waals surface area contributed by atoms with E-state index in [1.54, 1.807) is 22.5 Å². The molecule has 0 spiro atoms. The second-order valence-corrected chi connectivity index (χ2v) is 1.66. The van der Waals surface area contributed by atoms with E-state index in [1.165, 1.54) is 4.44 Å². The van der Waals surface area contributed by atoms with Gasteiger partial charge in [0.15, 0.2) is 0 Å². The Morgan fingerprint density at radius 1 is 1.29 bits per heavy atom. The van der Waals surface area contributed by atoms with E-state index in [4.69, 9.17) is 0 Å². The summed E-state index contributed by atoms with van der Waals surface area (Å²) >= 11 is 1.55. The van der Waals surface area contributed by atoms with Crippen LogP contribution in [0.3, 0.4) is 0 Å². The molecule has 0 aliphatic carbocycles. The van der Waals surface area contributed by atoms with Crippen LogP contribution < -0.4 is 0 Å². The van der Waals surface area contributed by atoms with Crippen molar-refractivity contribution in [3.8, 4) is 0 Å². The molecule has 0 saturated carbocycles. The van der Waals surface area contributed by atoms with Gasteiger partial charge in [-0.15, -0.1) is 0 Å². The summed E-state index contributed by atoms with van der Waals surface area (Å²) in [7, 11) is 0. The van der Waals surface area contributed by atoms with Gasteiger partial charge in [0.05, 0.1) is 0 Å². The monoisotopic (exact) mass is 212 g/mol. The zero-order valence-electron chi connectivity index (χ0n) is 3.83. The molecule has 0 aromatic rings. The van der Waals surface area contributed by atoms with Crippen LogP contribution in [0.25, 0.3) is 0 Å². The molecule has 0 atom stereocenters. The number of allylic oxidation sites excluding steroid dienone is 1. The van der Waals surface area contributed by atoms with E-state index in [0.717, 1.165) is 0 Å². The third-order valence-corrected chi connectivity index (χ3v) is 0.968. The fourth-order valence-corrected chi connectivity index (χ4v) is 0. The van der Waals surface area contributed by atoms with E-state index in [9.17, 15) is 0 Å². The van der Waals surface area contributed by atoms with Gasteiger partial charge in [0, 0.05) is 0 Å². The topological polar surface area (TPSA) is 90.0 Å². The van der Waals surface area contributed by atoms with E-state index >= 15 is 0 Å². The molecule has 0 radical (unpaired) electrons. The molecule has 42 valence electrons. The number of rotatable bonds is 1. The van der Waals surface area contributed by atoms with Crippen molar-refractivity contribution < 1.29 is 16.4 Å². The van der Waals surface area contributed by atoms with Crippen LogP contribution in [0.1, 0.15) is 0 Å². The van der Waals surface area contributed by atoms with E-state index in [-0.39, 0.29) is 16.4 Å². The summed E-state index contributed by atoms with van der Waals surface area (Å²) in [5.74, 6) is 0. The maximum absolute atomic E-state index is 3.50. The normalized spacial score (nSPS) is 3.71. The van der Waals surface area contributed by atoms with Gasteiger partial charge in [-0.2, -0.15) is 0 Å². The molecule has 0 saturated heterocycles. The Kier molecular flexibility index (Phi) is 120. The SMILES string of the molecule is C=C[CH2][Sn+3].[OH-].[OH-].[OH-]. The summed E-state index contributed by atoms with van der Waals surface area (Å²) in [5.41, 5.74) is 0. The first-order valence-corrected chi connectivity index (χ1v) is 3.19. The van der Waals surface area contributed by atoms with Gasteiger partial charge in [-0.05, 0) is 0 Å². The number of hydrogen-bond acceptors (Lipinski definition) is 3. The zero-order valence-corrected chi connectivity index (χ0v) is 6.69. The van der Waals surface area contributed by atoms with E-state index in [2.05, 4.69) is 6.58 Å². The first kappa shape index (κ1) is 26.2. The van der Waals surface area contributed by atoms with Gasteiger partial charge in [-0.3, -0.25) is 0 Å². The van der Waals surface area contributed by atoms with Crippen LogP contribution in [0.5, 0.6) is 0 Å². The maximum Gasteiger partial charge on any atom is -0.870 e. The minimum absolute atomic E-state index is 0. The average molecular weight is 211 g/mol. The van der Waals surface area contributed by atoms with Crippen LogP contribution in [0.2, 0.25) is 4.44 Å². The molecule has 0 aliphatic rings. The summed E-state index contributed by atoms with van der Waals surface area (Å²) in [6.07, 6.45) is 1.92. The van der Waals surface area contributed by atoms with Gasteiger partial charge in [0.2, 0.25) is 0 Å². The molecule has 0 rings (SSSR count). The van der Waals surface area contributed by atoms with Crippen LogP contribution in [0, 0.1) is 0 Å². The molecule has 0 heterocycles. The van der Waals surface area contributed by atoms with Crippen LogP contribution in [-0.4, -0.2) is 39.0 Å². The van der Waals surface area contributed by atoms with Crippen molar-refractivity contribution in [1.82, 2.24) is 0 Å². The Morgan fingerprint density at radius 2 is 1.43 bits per heavy atom. The molecule has 3 nitrogen and oxygen atoms in total. The molecule has 0 bridgehead atoms. The van der Waals surface area contributed by atoms with Gasteiger partial charge in [-0.1, -0.05) is 0 Å². The van der Waals surface area contributed by atoms with Crippen molar-refractivity contribution in [2.75, 3.05) is 0 Å². The molecular formula is C3H8O3Sn. The van der Waals surface area contributed by atoms with Gasteiger partial charge >= 0.3 is 39.6 Å². The third-order valence-electron chi connectivity index (χ3n) is 0.144. The average Bonchev–Trinajstić information content (AvgIpc) is 1.37. The largest absolute Gasteiger partial charge is 0.870 e. The zero-order chi connectivity index (χ0) is 3.41. The quantitative estimate of drug-likeness (QED) is 0.458.